The van der Waals surface area contributed by atoms with E-state index in [9.17, 15) is 9.90 Å². The van der Waals surface area contributed by atoms with Crippen LogP contribution in [0.5, 0.6) is 5.88 Å². The molecule has 0 saturated heterocycles. The van der Waals surface area contributed by atoms with Crippen LogP contribution in [0.2, 0.25) is 0 Å². The molecule has 0 fully saturated rings. The largest absolute Gasteiger partial charge is 0.493 e. The van der Waals surface area contributed by atoms with Crippen LogP contribution in [-0.2, 0) is 11.3 Å². The fourth-order valence-corrected chi connectivity index (χ4v) is 4.92. The normalized spacial score (nSPS) is 11.7. The van der Waals surface area contributed by atoms with Crippen molar-refractivity contribution in [1.29, 1.82) is 0 Å². The quantitative estimate of drug-likeness (QED) is 0.165. The first kappa shape index (κ1) is 25.4. The van der Waals surface area contributed by atoms with Gasteiger partial charge in [0.25, 0.3) is 5.91 Å². The molecule has 2 heterocycles. The Morgan fingerprint density at radius 1 is 0.947 bits per heavy atom. The van der Waals surface area contributed by atoms with E-state index in [0.29, 0.717) is 29.1 Å². The predicted octanol–water partition coefficient (Wildman–Crippen LogP) is 7.04. The third-order valence-corrected chi connectivity index (χ3v) is 7.03. The Hall–Kier alpha value is -4.24. The number of aromatic hydroxyl groups is 1. The highest BCUT2D eigenvalue weighted by Gasteiger charge is 2.19. The molecule has 3 aromatic carbocycles. The third kappa shape index (κ3) is 5.38. The monoisotopic (exact) mass is 524 g/mol. The van der Waals surface area contributed by atoms with Crippen molar-refractivity contribution in [3.05, 3.63) is 84.9 Å². The van der Waals surface area contributed by atoms with Crippen LogP contribution >= 0.6 is 11.8 Å². The van der Waals surface area contributed by atoms with Crippen LogP contribution in [-0.4, -0.2) is 36.1 Å². The minimum absolute atomic E-state index is 0.0207. The van der Waals surface area contributed by atoms with E-state index in [1.54, 1.807) is 0 Å². The maximum absolute atomic E-state index is 12.8. The molecule has 192 valence electrons. The second-order valence-electron chi connectivity index (χ2n) is 9.25. The summed E-state index contributed by atoms with van der Waals surface area (Å²) >= 11 is 1.24. The molecule has 5 rings (SSSR count). The lowest BCUT2D eigenvalue weighted by Crippen LogP contribution is -2.02. The van der Waals surface area contributed by atoms with Gasteiger partial charge in [0.1, 0.15) is 0 Å². The zero-order valence-corrected chi connectivity index (χ0v) is 22.0. The molecular formula is C29H28N6O2S. The molecular weight excluding hydrogens is 496 g/mol. The van der Waals surface area contributed by atoms with Crippen LogP contribution in [0.25, 0.3) is 28.0 Å². The van der Waals surface area contributed by atoms with Gasteiger partial charge in [-0.15, -0.1) is 20.4 Å². The molecule has 5 aromatic rings. The standard InChI is InChI=1S/C29H28N6O2S/c1-20(2)17-18-34-24-16-10-9-15-23(24)26(28(34)37)31-30-25(36)19-38-29-33-32-27(21-11-5-3-6-12-21)35(29)22-13-7-4-8-14-22/h3-16,20,37H,17-19H2,1-2H3. The number of nitrogens with zero attached hydrogens (tertiary/aromatic N) is 6. The number of para-hydroxylation sites is 2. The molecule has 0 radical (unpaired) electrons. The third-order valence-electron chi connectivity index (χ3n) is 6.11. The number of azo groups is 1. The number of thioether (sulfide) groups is 1. The van der Waals surface area contributed by atoms with Gasteiger partial charge in [0, 0.05) is 23.2 Å². The van der Waals surface area contributed by atoms with Crippen molar-refractivity contribution >= 4 is 34.3 Å². The summed E-state index contributed by atoms with van der Waals surface area (Å²) < 4.78 is 3.76. The summed E-state index contributed by atoms with van der Waals surface area (Å²) in [6.07, 6.45) is 0.908. The van der Waals surface area contributed by atoms with Gasteiger partial charge in [-0.05, 0) is 30.5 Å². The molecule has 0 saturated carbocycles. The van der Waals surface area contributed by atoms with Crippen molar-refractivity contribution in [2.45, 2.75) is 32.0 Å². The topological polar surface area (TPSA) is 97.7 Å². The Labute approximate surface area is 225 Å². The van der Waals surface area contributed by atoms with Crippen molar-refractivity contribution in [3.63, 3.8) is 0 Å². The van der Waals surface area contributed by atoms with E-state index >= 15 is 0 Å². The van der Waals surface area contributed by atoms with Crippen LogP contribution in [0.1, 0.15) is 20.3 Å². The Bertz CT molecular complexity index is 1580. The van der Waals surface area contributed by atoms with E-state index in [1.807, 2.05) is 94.1 Å². The van der Waals surface area contributed by atoms with Crippen molar-refractivity contribution in [2.75, 3.05) is 5.75 Å². The van der Waals surface area contributed by atoms with Crippen LogP contribution in [0.4, 0.5) is 5.69 Å². The van der Waals surface area contributed by atoms with Gasteiger partial charge >= 0.3 is 0 Å². The van der Waals surface area contributed by atoms with Crippen molar-refractivity contribution in [1.82, 2.24) is 19.3 Å². The van der Waals surface area contributed by atoms with Crippen LogP contribution < -0.4 is 0 Å². The van der Waals surface area contributed by atoms with Gasteiger partial charge in [-0.2, -0.15) is 0 Å². The van der Waals surface area contributed by atoms with Gasteiger partial charge in [-0.3, -0.25) is 9.36 Å². The number of benzene rings is 3. The molecule has 0 aliphatic carbocycles. The highest BCUT2D eigenvalue weighted by atomic mass is 32.2. The molecule has 0 aliphatic rings. The lowest BCUT2D eigenvalue weighted by Gasteiger charge is -2.09. The van der Waals surface area contributed by atoms with E-state index in [4.69, 9.17) is 0 Å². The highest BCUT2D eigenvalue weighted by Crippen LogP contribution is 2.39. The smallest absolute Gasteiger partial charge is 0.275 e. The Morgan fingerprint density at radius 2 is 1.63 bits per heavy atom. The minimum atomic E-state index is -0.433. The van der Waals surface area contributed by atoms with E-state index < -0.39 is 5.91 Å². The minimum Gasteiger partial charge on any atom is -0.493 e. The molecule has 0 unspecified atom stereocenters. The van der Waals surface area contributed by atoms with Crippen molar-refractivity contribution in [3.8, 4) is 23.0 Å². The Morgan fingerprint density at radius 3 is 2.37 bits per heavy atom. The number of aryl methyl sites for hydroxylation is 1. The van der Waals surface area contributed by atoms with Gasteiger partial charge in [0.05, 0.1) is 11.3 Å². The van der Waals surface area contributed by atoms with E-state index in [0.717, 1.165) is 28.6 Å². The Balaban J connectivity index is 1.37. The van der Waals surface area contributed by atoms with Crippen LogP contribution in [0.3, 0.4) is 0 Å². The molecule has 38 heavy (non-hydrogen) atoms. The summed E-state index contributed by atoms with van der Waals surface area (Å²) in [7, 11) is 0. The summed E-state index contributed by atoms with van der Waals surface area (Å²) in [6, 6.07) is 27.2. The van der Waals surface area contributed by atoms with Crippen molar-refractivity contribution < 1.29 is 9.90 Å². The molecule has 0 atom stereocenters. The lowest BCUT2D eigenvalue weighted by atomic mass is 10.1. The maximum Gasteiger partial charge on any atom is 0.275 e. The van der Waals surface area contributed by atoms with Crippen molar-refractivity contribution in [2.24, 2.45) is 16.1 Å². The number of fused-ring (bicyclic) bond motifs is 1. The fourth-order valence-electron chi connectivity index (χ4n) is 4.19. The zero-order valence-electron chi connectivity index (χ0n) is 21.2. The first-order valence-corrected chi connectivity index (χ1v) is 13.5. The van der Waals surface area contributed by atoms with Gasteiger partial charge in [-0.25, -0.2) is 0 Å². The number of carbonyl (C=O) groups excluding carboxylic acids is 1. The summed E-state index contributed by atoms with van der Waals surface area (Å²) in [4.78, 5) is 12.8. The molecule has 0 spiro atoms. The summed E-state index contributed by atoms with van der Waals surface area (Å²) in [5.74, 6) is 0.785. The summed E-state index contributed by atoms with van der Waals surface area (Å²) in [5.41, 5.74) is 2.99. The average Bonchev–Trinajstić information content (AvgIpc) is 3.49. The number of amides is 1. The predicted molar refractivity (Wildman–Crippen MR) is 150 cm³/mol. The lowest BCUT2D eigenvalue weighted by molar-refractivity contribution is -0.115. The molecule has 1 N–H and O–H groups in total. The van der Waals surface area contributed by atoms with E-state index in [2.05, 4.69) is 34.3 Å². The van der Waals surface area contributed by atoms with Gasteiger partial charge in [-0.1, -0.05) is 92.3 Å². The van der Waals surface area contributed by atoms with Gasteiger partial charge < -0.3 is 9.67 Å². The molecule has 8 nitrogen and oxygen atoms in total. The number of carbonyl (C=O) groups is 1. The summed E-state index contributed by atoms with van der Waals surface area (Å²) in [5, 5.41) is 29.1. The summed E-state index contributed by atoms with van der Waals surface area (Å²) in [6.45, 7) is 4.93. The van der Waals surface area contributed by atoms with E-state index in [-0.39, 0.29) is 11.6 Å². The van der Waals surface area contributed by atoms with Crippen LogP contribution in [0.15, 0.2) is 100 Å². The first-order chi connectivity index (χ1) is 18.5. The molecule has 2 aromatic heterocycles. The number of rotatable bonds is 9. The molecule has 0 aliphatic heterocycles. The second kappa shape index (κ2) is 11.4. The average molecular weight is 525 g/mol. The van der Waals surface area contributed by atoms with Gasteiger partial charge in [0.15, 0.2) is 16.7 Å². The number of aromatic nitrogens is 4. The molecule has 9 heteroatoms. The Kier molecular flexibility index (Phi) is 7.65. The van der Waals surface area contributed by atoms with E-state index in [1.165, 1.54) is 11.8 Å². The zero-order chi connectivity index (χ0) is 26.5. The molecule has 0 bridgehead atoms. The SMILES string of the molecule is CC(C)CCn1c(O)c(N=NC(=O)CSc2nnc(-c3ccccc3)n2-c2ccccc2)c2ccccc21. The highest BCUT2D eigenvalue weighted by molar-refractivity contribution is 7.99. The molecule has 1 amide bonds. The maximum atomic E-state index is 12.8. The van der Waals surface area contributed by atoms with Gasteiger partial charge in [0.2, 0.25) is 5.88 Å². The van der Waals surface area contributed by atoms with Crippen LogP contribution in [0, 0.1) is 5.92 Å². The fraction of sp³-hybridized carbons (Fsp3) is 0.207. The first-order valence-electron chi connectivity index (χ1n) is 12.5. The number of hydrogen-bond acceptors (Lipinski definition) is 6. The second-order valence-corrected chi connectivity index (χ2v) is 10.2. The number of hydrogen-bond donors (Lipinski definition) is 1.